The minimum atomic E-state index is -0.562. The molecule has 0 N–H and O–H groups in total. The van der Waals surface area contributed by atoms with Crippen LogP contribution in [0, 0.1) is 5.41 Å². The van der Waals surface area contributed by atoms with Crippen LogP contribution >= 0.6 is 0 Å². The van der Waals surface area contributed by atoms with Gasteiger partial charge in [0.2, 0.25) is 5.79 Å². The minimum absolute atomic E-state index is 0.0896. The Bertz CT molecular complexity index is 1590. The van der Waals surface area contributed by atoms with Crippen molar-refractivity contribution >= 4 is 10.8 Å². The average Bonchev–Trinajstić information content (AvgIpc) is 3.62. The summed E-state index contributed by atoms with van der Waals surface area (Å²) in [4.78, 5) is 0. The molecule has 6 aliphatic carbocycles. The van der Waals surface area contributed by atoms with Crippen molar-refractivity contribution in [3.05, 3.63) is 119 Å². The molecule has 0 unspecified atom stereocenters. The summed E-state index contributed by atoms with van der Waals surface area (Å²) in [6.07, 6.45) is 15.2. The second kappa shape index (κ2) is 9.53. The van der Waals surface area contributed by atoms with Crippen molar-refractivity contribution in [1.29, 1.82) is 0 Å². The Hall–Kier alpha value is -2.94. The van der Waals surface area contributed by atoms with Gasteiger partial charge in [0.05, 0.1) is 13.2 Å². The van der Waals surface area contributed by atoms with E-state index in [9.17, 15) is 0 Å². The molecule has 4 aromatic carbocycles. The van der Waals surface area contributed by atoms with Gasteiger partial charge in [0, 0.05) is 11.0 Å². The van der Waals surface area contributed by atoms with Gasteiger partial charge in [-0.25, -0.2) is 0 Å². The van der Waals surface area contributed by atoms with Crippen molar-refractivity contribution in [2.75, 3.05) is 13.2 Å². The third-order valence-electron chi connectivity index (χ3n) is 13.5. The van der Waals surface area contributed by atoms with E-state index >= 15 is 0 Å². The zero-order valence-electron chi connectivity index (χ0n) is 25.5. The first-order valence-electron chi connectivity index (χ1n) is 17.0. The smallest absolute Gasteiger partial charge is 0.200 e. The van der Waals surface area contributed by atoms with Gasteiger partial charge in [-0.1, -0.05) is 97.1 Å². The van der Waals surface area contributed by atoms with Crippen LogP contribution in [-0.2, 0) is 31.5 Å². The maximum absolute atomic E-state index is 6.57. The second-order valence-electron chi connectivity index (χ2n) is 14.9. The number of hydrogen-bond donors (Lipinski definition) is 0. The molecule has 1 heterocycles. The van der Waals surface area contributed by atoms with Crippen molar-refractivity contribution in [2.45, 2.75) is 99.1 Å². The van der Waals surface area contributed by atoms with Gasteiger partial charge in [-0.05, 0) is 121 Å². The molecule has 0 spiro atoms. The molecule has 2 nitrogen and oxygen atoms in total. The molecule has 1 aliphatic heterocycles. The summed E-state index contributed by atoms with van der Waals surface area (Å²) in [6, 6.07) is 37.0. The van der Waals surface area contributed by atoms with E-state index in [1.54, 1.807) is 16.7 Å². The molecule has 11 rings (SSSR count). The highest BCUT2D eigenvalue weighted by Gasteiger charge is 2.62. The largest absolute Gasteiger partial charge is 0.343 e. The van der Waals surface area contributed by atoms with Crippen LogP contribution in [0.25, 0.3) is 10.8 Å². The Morgan fingerprint density at radius 2 is 0.884 bits per heavy atom. The lowest BCUT2D eigenvalue weighted by Crippen LogP contribution is -2.55. The highest BCUT2D eigenvalue weighted by Crippen LogP contribution is 2.66. The van der Waals surface area contributed by atoms with Crippen LogP contribution in [0.1, 0.15) is 99.3 Å². The summed E-state index contributed by atoms with van der Waals surface area (Å²) >= 11 is 0. The van der Waals surface area contributed by atoms with Gasteiger partial charge in [0.15, 0.2) is 0 Å². The highest BCUT2D eigenvalue weighted by atomic mass is 16.7. The molecule has 1 saturated heterocycles. The van der Waals surface area contributed by atoms with Gasteiger partial charge in [-0.3, -0.25) is 0 Å². The van der Waals surface area contributed by atoms with Crippen LogP contribution in [0.15, 0.2) is 97.1 Å². The van der Waals surface area contributed by atoms with Gasteiger partial charge in [0.1, 0.15) is 0 Å². The maximum Gasteiger partial charge on any atom is 0.200 e. The zero-order valence-corrected chi connectivity index (χ0v) is 25.5. The Kier molecular flexibility index (Phi) is 5.86. The minimum Gasteiger partial charge on any atom is -0.343 e. The van der Waals surface area contributed by atoms with E-state index in [1.807, 2.05) is 0 Å². The molecule has 4 aromatic rings. The van der Waals surface area contributed by atoms with E-state index in [0.29, 0.717) is 29.5 Å². The van der Waals surface area contributed by atoms with Crippen LogP contribution in [0.2, 0.25) is 0 Å². The van der Waals surface area contributed by atoms with Crippen LogP contribution in [0.3, 0.4) is 0 Å². The topological polar surface area (TPSA) is 18.5 Å². The molecule has 7 aliphatic rings. The van der Waals surface area contributed by atoms with Gasteiger partial charge >= 0.3 is 0 Å². The van der Waals surface area contributed by atoms with Crippen molar-refractivity contribution in [2.24, 2.45) is 5.41 Å². The Balaban J connectivity index is 0.940. The van der Waals surface area contributed by atoms with Gasteiger partial charge < -0.3 is 9.47 Å². The first-order valence-corrected chi connectivity index (χ1v) is 17.0. The Morgan fingerprint density at radius 1 is 0.395 bits per heavy atom. The quantitative estimate of drug-likeness (QED) is 0.239. The predicted molar refractivity (Wildman–Crippen MR) is 173 cm³/mol. The Morgan fingerprint density at radius 3 is 1.49 bits per heavy atom. The summed E-state index contributed by atoms with van der Waals surface area (Å²) in [6.45, 7) is 1.40. The van der Waals surface area contributed by atoms with Crippen molar-refractivity contribution in [3.8, 4) is 0 Å². The molecule has 7 fully saturated rings. The number of ether oxygens (including phenoxy) is 2. The molecule has 0 radical (unpaired) electrons. The Labute approximate surface area is 256 Å². The molecule has 0 atom stereocenters. The molecule has 0 amide bonds. The monoisotopic (exact) mass is 568 g/mol. The molecule has 43 heavy (non-hydrogen) atoms. The SMILES string of the molecule is c1ccc(C2(C34CCC(c5ccc(C67CCC(c8cccc9ccccc89)(CC6)CC7)cc5)(CC3)CC4)OCCO2)cc1. The number of hydrogen-bond acceptors (Lipinski definition) is 2. The molecule has 220 valence electrons. The van der Waals surface area contributed by atoms with Crippen molar-refractivity contribution in [3.63, 3.8) is 0 Å². The van der Waals surface area contributed by atoms with Crippen molar-refractivity contribution in [1.82, 2.24) is 0 Å². The summed E-state index contributed by atoms with van der Waals surface area (Å²) in [5.41, 5.74) is 7.16. The average molecular weight is 569 g/mol. The lowest BCUT2D eigenvalue weighted by atomic mass is 9.48. The summed E-state index contributed by atoms with van der Waals surface area (Å²) in [7, 11) is 0. The van der Waals surface area contributed by atoms with Crippen LogP contribution in [-0.4, -0.2) is 13.2 Å². The highest BCUT2D eigenvalue weighted by molar-refractivity contribution is 5.86. The molecule has 2 heteroatoms. The number of rotatable bonds is 5. The molecule has 4 bridgehead atoms. The summed E-state index contributed by atoms with van der Waals surface area (Å²) in [5, 5.41) is 2.88. The van der Waals surface area contributed by atoms with E-state index < -0.39 is 5.79 Å². The predicted octanol–water partition coefficient (Wildman–Crippen LogP) is 9.88. The van der Waals surface area contributed by atoms with E-state index in [4.69, 9.17) is 9.47 Å². The first-order chi connectivity index (χ1) is 21.1. The third-order valence-corrected chi connectivity index (χ3v) is 13.5. The molecule has 6 saturated carbocycles. The van der Waals surface area contributed by atoms with Gasteiger partial charge in [0.25, 0.3) is 0 Å². The standard InChI is InChI=1S/C41H44O2/c1-2-9-34(10-3-1)41(42-29-30-43-41)40-26-23-38(24-27-40,25-28-40)33-15-13-32(14-16-33)37-17-20-39(21-18-37,22-19-37)36-12-6-8-31-7-4-5-11-35(31)36/h1-16H,17-30H2. The van der Waals surface area contributed by atoms with E-state index in [2.05, 4.69) is 97.1 Å². The first kappa shape index (κ1) is 26.5. The zero-order chi connectivity index (χ0) is 28.6. The van der Waals surface area contributed by atoms with Gasteiger partial charge in [-0.2, -0.15) is 0 Å². The second-order valence-corrected chi connectivity index (χ2v) is 14.9. The lowest BCUT2D eigenvalue weighted by Gasteiger charge is -2.59. The summed E-state index contributed by atoms with van der Waals surface area (Å²) < 4.78 is 13.1. The molecular formula is C41H44O2. The van der Waals surface area contributed by atoms with Crippen LogP contribution in [0.4, 0.5) is 0 Å². The fraction of sp³-hybridized carbons (Fsp3) is 0.463. The van der Waals surface area contributed by atoms with E-state index in [-0.39, 0.29) is 5.41 Å². The fourth-order valence-electron chi connectivity index (χ4n) is 10.8. The number of fused-ring (bicyclic) bond motifs is 7. The third kappa shape index (κ3) is 3.72. The van der Waals surface area contributed by atoms with E-state index in [0.717, 1.165) is 0 Å². The molecular weight excluding hydrogens is 524 g/mol. The van der Waals surface area contributed by atoms with E-state index in [1.165, 1.54) is 93.4 Å². The number of benzene rings is 4. The summed E-state index contributed by atoms with van der Waals surface area (Å²) in [5.74, 6) is -0.562. The van der Waals surface area contributed by atoms with Crippen LogP contribution < -0.4 is 0 Å². The van der Waals surface area contributed by atoms with Gasteiger partial charge in [-0.15, -0.1) is 0 Å². The van der Waals surface area contributed by atoms with Crippen LogP contribution in [0.5, 0.6) is 0 Å². The fourth-order valence-corrected chi connectivity index (χ4v) is 10.8. The molecule has 0 aromatic heterocycles. The lowest BCUT2D eigenvalue weighted by molar-refractivity contribution is -0.274. The van der Waals surface area contributed by atoms with Crippen molar-refractivity contribution < 1.29 is 9.47 Å². The normalized spacial score (nSPS) is 34.5. The maximum atomic E-state index is 6.57.